The first-order valence-electron chi connectivity index (χ1n) is 41.5. The number of hydrogen-bond acceptors (Lipinski definition) is 17. The second-order valence-electron chi connectivity index (χ2n) is 30.0. The fourth-order valence-electron chi connectivity index (χ4n) is 15.6. The number of fused-ring (bicyclic) bond motifs is 9. The number of benzene rings is 12. The molecule has 627 valence electrons. The van der Waals surface area contributed by atoms with Crippen molar-refractivity contribution in [3.05, 3.63) is 406 Å². The Morgan fingerprint density at radius 3 is 1.29 bits per heavy atom. The van der Waals surface area contributed by atoms with Gasteiger partial charge in [-0.15, -0.1) is 0 Å². The Bertz CT molecular complexity index is 8190. The smallest absolute Gasteiger partial charge is 0.494 e. The van der Waals surface area contributed by atoms with E-state index in [0.717, 1.165) is 145 Å². The van der Waals surface area contributed by atoms with Gasteiger partial charge in [0.2, 0.25) is 0 Å². The fraction of sp³-hybridized carbons (Fsp3) is 0.0189. The molecule has 0 spiro atoms. The maximum Gasteiger partial charge on any atom is 0.494 e. The third-order valence-corrected chi connectivity index (χ3v) is 22.0. The summed E-state index contributed by atoms with van der Waals surface area (Å²) in [5.74, 6) is 4.99. The minimum absolute atomic E-state index is 0. The van der Waals surface area contributed by atoms with Gasteiger partial charge in [0.15, 0.2) is 51.5 Å². The molecule has 12 heterocycles. The molecule has 24 aromatic rings. The number of hydrogen-bond donors (Lipinski definition) is 5. The summed E-state index contributed by atoms with van der Waals surface area (Å²) in [5, 5.41) is 46.4. The first kappa shape index (κ1) is 92.8. The van der Waals surface area contributed by atoms with Crippen molar-refractivity contribution in [1.29, 1.82) is 0 Å². The van der Waals surface area contributed by atoms with Gasteiger partial charge in [-0.2, -0.15) is 0 Å². The summed E-state index contributed by atoms with van der Waals surface area (Å²) in [7, 11) is 0. The van der Waals surface area contributed by atoms with Crippen molar-refractivity contribution < 1.29 is 102 Å². The number of phenolic OH excluding ortho intramolecular Hbond substituents is 4. The van der Waals surface area contributed by atoms with Gasteiger partial charge in [-0.3, -0.25) is 28.2 Å². The molecule has 0 saturated heterocycles. The number of phenols is 4. The van der Waals surface area contributed by atoms with E-state index >= 15 is 0 Å². The maximum absolute atomic E-state index is 10.4. The summed E-state index contributed by atoms with van der Waals surface area (Å²) in [6.45, 7) is 4.14. The summed E-state index contributed by atoms with van der Waals surface area (Å²) < 4.78 is 13.7. The van der Waals surface area contributed by atoms with E-state index in [9.17, 15) is 20.4 Å². The van der Waals surface area contributed by atoms with Crippen LogP contribution in [0.2, 0.25) is 0 Å². The monoisotopic (exact) mass is 1950 g/mol. The SMILES string of the molecule is Cc1ccccc1.Cc1ccccc1-n1c(-c2ccccc2O)nc2cccnc21.Oc1cc2ccccc2cc1-c1nc2cccnc2[nH]1.Oc1ccccc1-c1nc2cc3ccccc3nc2n1-c1ccccc1.Oc1ccccc1-c1nc2cccnc2n1-c1cccc2ncccc12.[AlH][O]c1ccccc1-c1nc2cccnc2n1-c1cccc2cccnc12.[Zn].[Zn].[Zn].[Zn]. The topological polar surface area (TPSA) is 280 Å². The van der Waals surface area contributed by atoms with E-state index in [1.807, 2.05) is 305 Å². The standard InChI is InChI=1S/C22H15N3O.2C21H14N4O.C19H15N3O.C16H11N3O.C7H8.Al.4Zn.H/c26-20-13-7-5-11-17(20)21-24-19-14-15-8-4-6-12-18(15)23-22(19)25(21)16-9-2-1-3-10-16;26-18-11-2-1-8-15(18)20-24-16-9-5-13-23-21(16)25(20)17-10-3-6-14-7-4-12-22-19(14)17;26-19-11-2-1-6-15(19)20-24-17-9-5-13-23-21(17)25(20)18-10-3-8-16-14(18)7-4-12-22-16;1-13-7-2-4-10-16(13)22-18(14-8-3-5-11-17(14)23)21-15-9-6-12-20-19(15)22;20-14-9-11-5-2-1-4-10(11)8-12(14)15-18-13-6-3-7-17-16(13)19-15;1-7-5-3-2-4-6-7;;;;;;/h1-14,26H;2*1-13,26H;2-12,23H,1H3;1-9,20H,(H,17,18,19);2-6H,1H3;;;;;;/q;;;;;;+1;;;;;/p-1. The molecule has 133 heavy (non-hydrogen) atoms. The second-order valence-corrected chi connectivity index (χ2v) is 30.3. The van der Waals surface area contributed by atoms with Gasteiger partial charge in [-0.25, -0.2) is 49.8 Å². The summed E-state index contributed by atoms with van der Waals surface area (Å²) >= 11 is 1.46. The zero-order chi connectivity index (χ0) is 87.7. The number of aromatic hydroxyl groups is 4. The van der Waals surface area contributed by atoms with Gasteiger partial charge in [-0.05, 0) is 206 Å². The minimum atomic E-state index is 0. The summed E-state index contributed by atoms with van der Waals surface area (Å²) in [4.78, 5) is 58.5. The van der Waals surface area contributed by atoms with E-state index in [-0.39, 0.29) is 101 Å². The van der Waals surface area contributed by atoms with Gasteiger partial charge >= 0.3 is 16.6 Å². The largest absolute Gasteiger partial charge is 0.650 e. The molecular formula is C106H77AlN17O5Zn4. The Balaban J connectivity index is 0.000000124. The number of nitrogens with zero attached hydrogens (tertiary/aromatic N) is 16. The number of imidazole rings is 5. The average molecular weight is 1960 g/mol. The Morgan fingerprint density at radius 1 is 0.278 bits per heavy atom. The number of aryl methyl sites for hydroxylation is 2. The number of aromatic amines is 1. The van der Waals surface area contributed by atoms with Gasteiger partial charge < -0.3 is 29.2 Å². The predicted molar refractivity (Wildman–Crippen MR) is 512 cm³/mol. The van der Waals surface area contributed by atoms with Crippen molar-refractivity contribution >= 4 is 116 Å². The molecule has 12 aromatic carbocycles. The van der Waals surface area contributed by atoms with Crippen molar-refractivity contribution in [2.45, 2.75) is 13.8 Å². The van der Waals surface area contributed by atoms with Crippen LogP contribution in [-0.4, -0.2) is 120 Å². The normalized spacial score (nSPS) is 10.7. The van der Waals surface area contributed by atoms with Crippen molar-refractivity contribution in [3.63, 3.8) is 0 Å². The van der Waals surface area contributed by atoms with E-state index in [1.54, 1.807) is 73.4 Å². The number of nitrogens with one attached hydrogen (secondary N) is 1. The van der Waals surface area contributed by atoms with Gasteiger partial charge in [0, 0.05) is 137 Å². The van der Waals surface area contributed by atoms with Crippen LogP contribution in [0.5, 0.6) is 28.7 Å². The van der Waals surface area contributed by atoms with Crippen LogP contribution >= 0.6 is 0 Å². The third kappa shape index (κ3) is 19.5. The molecule has 0 unspecified atom stereocenters. The van der Waals surface area contributed by atoms with E-state index in [0.29, 0.717) is 45.6 Å². The van der Waals surface area contributed by atoms with Gasteiger partial charge in [-0.1, -0.05) is 188 Å². The molecular weight excluding hydrogens is 1880 g/mol. The third-order valence-electron chi connectivity index (χ3n) is 21.7. The van der Waals surface area contributed by atoms with Crippen LogP contribution in [-0.2, 0) is 77.9 Å². The van der Waals surface area contributed by atoms with E-state index < -0.39 is 0 Å². The molecule has 0 atom stereocenters. The van der Waals surface area contributed by atoms with Crippen LogP contribution in [0.15, 0.2) is 395 Å². The molecule has 0 saturated carbocycles. The van der Waals surface area contributed by atoms with E-state index in [4.69, 9.17) is 28.7 Å². The minimum Gasteiger partial charge on any atom is -0.650 e. The van der Waals surface area contributed by atoms with E-state index in [2.05, 4.69) is 88.6 Å². The number of aromatic nitrogens is 17. The molecule has 0 amide bonds. The Labute approximate surface area is 822 Å². The van der Waals surface area contributed by atoms with Crippen LogP contribution in [0, 0.1) is 13.8 Å². The first-order valence-corrected chi connectivity index (χ1v) is 42.0. The first-order chi connectivity index (χ1) is 63.5. The van der Waals surface area contributed by atoms with Crippen molar-refractivity contribution in [3.8, 4) is 108 Å². The number of pyridine rings is 7. The zero-order valence-corrected chi connectivity index (χ0v) is 85.7. The van der Waals surface area contributed by atoms with Crippen molar-refractivity contribution in [2.24, 2.45) is 0 Å². The Morgan fingerprint density at radius 2 is 0.699 bits per heavy atom. The second kappa shape index (κ2) is 42.3. The average Bonchev–Trinajstić information content (AvgIpc) is 1.61. The zero-order valence-electron chi connectivity index (χ0n) is 72.4. The molecule has 0 bridgehead atoms. The molecule has 0 aliphatic carbocycles. The van der Waals surface area contributed by atoms with Crippen LogP contribution in [0.1, 0.15) is 11.1 Å². The molecule has 22 nitrogen and oxygen atoms in total. The quantitative estimate of drug-likeness (QED) is 0.0796. The van der Waals surface area contributed by atoms with Gasteiger partial charge in [0.05, 0.1) is 67.2 Å². The van der Waals surface area contributed by atoms with Crippen LogP contribution in [0.3, 0.4) is 0 Å². The van der Waals surface area contributed by atoms with Crippen LogP contribution < -0.4 is 3.79 Å². The van der Waals surface area contributed by atoms with Gasteiger partial charge in [0.25, 0.3) is 0 Å². The fourth-order valence-corrected chi connectivity index (χ4v) is 15.9. The molecule has 0 aliphatic rings. The van der Waals surface area contributed by atoms with Gasteiger partial charge in [0.1, 0.15) is 56.4 Å². The van der Waals surface area contributed by atoms with Crippen molar-refractivity contribution in [2.75, 3.05) is 0 Å². The Kier molecular flexibility index (Phi) is 29.5. The van der Waals surface area contributed by atoms with Crippen molar-refractivity contribution in [1.82, 2.24) is 83.1 Å². The van der Waals surface area contributed by atoms with Crippen LogP contribution in [0.25, 0.3) is 179 Å². The maximum atomic E-state index is 10.4. The Hall–Kier alpha value is -14.9. The van der Waals surface area contributed by atoms with Crippen LogP contribution in [0.4, 0.5) is 0 Å². The molecule has 24 rings (SSSR count). The molecule has 12 aromatic heterocycles. The molecule has 0 fully saturated rings. The number of para-hydroxylation sites is 8. The molecule has 27 heteroatoms. The summed E-state index contributed by atoms with van der Waals surface area (Å²) in [5.41, 5.74) is 20.4. The summed E-state index contributed by atoms with van der Waals surface area (Å²) in [6, 6.07) is 115. The summed E-state index contributed by atoms with van der Waals surface area (Å²) in [6.07, 6.45) is 10.6. The predicted octanol–water partition coefficient (Wildman–Crippen LogP) is 22.7. The molecule has 5 N–H and O–H groups in total. The molecule has 1 radical (unpaired) electrons. The number of H-pyrrole nitrogens is 1. The van der Waals surface area contributed by atoms with E-state index in [1.165, 1.54) is 22.2 Å². The molecule has 0 aliphatic heterocycles. The number of rotatable bonds is 10.